The van der Waals surface area contributed by atoms with E-state index in [-0.39, 0.29) is 12.7 Å². The van der Waals surface area contributed by atoms with Crippen molar-refractivity contribution in [2.24, 2.45) is 0 Å². The lowest BCUT2D eigenvalue weighted by Gasteiger charge is -2.33. The summed E-state index contributed by atoms with van der Waals surface area (Å²) in [5.74, 6) is 1.06. The van der Waals surface area contributed by atoms with Gasteiger partial charge in [-0.2, -0.15) is 5.10 Å². The topological polar surface area (TPSA) is 76.5 Å². The van der Waals surface area contributed by atoms with Gasteiger partial charge in [0.05, 0.1) is 30.7 Å². The van der Waals surface area contributed by atoms with Gasteiger partial charge in [0.25, 0.3) is 0 Å². The second-order valence-electron chi connectivity index (χ2n) is 5.33. The first-order valence-corrected chi connectivity index (χ1v) is 7.47. The van der Waals surface area contributed by atoms with E-state index in [0.717, 1.165) is 56.1 Å². The molecule has 2 heterocycles. The van der Waals surface area contributed by atoms with E-state index in [9.17, 15) is 0 Å². The third-order valence-corrected chi connectivity index (χ3v) is 3.77. The fourth-order valence-corrected chi connectivity index (χ4v) is 2.74. The quantitative estimate of drug-likeness (QED) is 0.819. The molecular formula is C14H26N4O2. The molecule has 0 saturated carbocycles. The molecule has 0 bridgehead atoms. The van der Waals surface area contributed by atoms with Crippen LogP contribution >= 0.6 is 0 Å². The van der Waals surface area contributed by atoms with E-state index in [1.807, 2.05) is 11.6 Å². The molecular weight excluding hydrogens is 256 g/mol. The summed E-state index contributed by atoms with van der Waals surface area (Å²) in [6, 6.07) is 0. The van der Waals surface area contributed by atoms with E-state index in [0.29, 0.717) is 6.61 Å². The van der Waals surface area contributed by atoms with Crippen LogP contribution in [-0.4, -0.2) is 47.3 Å². The number of anilines is 2. The van der Waals surface area contributed by atoms with Crippen LogP contribution in [0.2, 0.25) is 0 Å². The average Bonchev–Trinajstić information content (AvgIpc) is 2.73. The van der Waals surface area contributed by atoms with Gasteiger partial charge in [0.15, 0.2) is 5.82 Å². The van der Waals surface area contributed by atoms with Crippen LogP contribution in [0.25, 0.3) is 0 Å². The Bertz CT molecular complexity index is 425. The number of nitrogens with two attached hydrogens (primary N) is 1. The molecule has 0 unspecified atom stereocenters. The molecule has 0 atom stereocenters. The summed E-state index contributed by atoms with van der Waals surface area (Å²) in [5, 5.41) is 13.3. The van der Waals surface area contributed by atoms with Crippen LogP contribution in [0.4, 0.5) is 11.5 Å². The Kier molecular flexibility index (Phi) is 5.25. The molecule has 1 aromatic heterocycles. The van der Waals surface area contributed by atoms with Crippen LogP contribution < -0.4 is 10.6 Å². The van der Waals surface area contributed by atoms with Gasteiger partial charge in [0, 0.05) is 19.6 Å². The van der Waals surface area contributed by atoms with E-state index in [4.69, 9.17) is 15.6 Å². The zero-order chi connectivity index (χ0) is 14.5. The van der Waals surface area contributed by atoms with Gasteiger partial charge >= 0.3 is 0 Å². The minimum atomic E-state index is 0.0929. The maximum atomic E-state index is 8.80. The predicted octanol–water partition coefficient (Wildman–Crippen LogP) is 1.16. The number of hydrogen-bond donors (Lipinski definition) is 2. The predicted molar refractivity (Wildman–Crippen MR) is 79.9 cm³/mol. The zero-order valence-corrected chi connectivity index (χ0v) is 12.5. The van der Waals surface area contributed by atoms with Gasteiger partial charge in [-0.3, -0.25) is 0 Å². The van der Waals surface area contributed by atoms with E-state index in [2.05, 4.69) is 16.9 Å². The Morgan fingerprint density at radius 1 is 1.40 bits per heavy atom. The van der Waals surface area contributed by atoms with Crippen LogP contribution in [0.3, 0.4) is 0 Å². The molecule has 20 heavy (non-hydrogen) atoms. The summed E-state index contributed by atoms with van der Waals surface area (Å²) in [5.41, 5.74) is 7.90. The number of nitrogens with zero attached hydrogens (tertiary/aromatic N) is 3. The fourth-order valence-electron chi connectivity index (χ4n) is 2.74. The van der Waals surface area contributed by atoms with Gasteiger partial charge in [-0.1, -0.05) is 6.92 Å². The zero-order valence-electron chi connectivity index (χ0n) is 12.5. The maximum Gasteiger partial charge on any atom is 0.150 e. The molecule has 1 fully saturated rings. The Labute approximate surface area is 120 Å². The highest BCUT2D eigenvalue weighted by Gasteiger charge is 2.24. The number of aliphatic hydroxyl groups excluding tert-OH is 1. The van der Waals surface area contributed by atoms with Crippen molar-refractivity contribution in [2.75, 3.05) is 36.9 Å². The second kappa shape index (κ2) is 6.95. The summed E-state index contributed by atoms with van der Waals surface area (Å²) in [6.07, 6.45) is 3.23. The molecule has 1 saturated heterocycles. The number of aromatic nitrogens is 2. The number of aliphatic hydroxyl groups is 1. The lowest BCUT2D eigenvalue weighted by Crippen LogP contribution is -2.38. The van der Waals surface area contributed by atoms with E-state index in [1.165, 1.54) is 0 Å². The van der Waals surface area contributed by atoms with Gasteiger partial charge in [-0.05, 0) is 26.2 Å². The molecule has 6 heteroatoms. The van der Waals surface area contributed by atoms with Gasteiger partial charge in [-0.25, -0.2) is 4.68 Å². The van der Waals surface area contributed by atoms with Crippen molar-refractivity contribution in [3.8, 4) is 0 Å². The van der Waals surface area contributed by atoms with Crippen LogP contribution in [0.5, 0.6) is 0 Å². The lowest BCUT2D eigenvalue weighted by molar-refractivity contribution is 0.0157. The minimum Gasteiger partial charge on any atom is -0.394 e. The molecule has 3 N–H and O–H groups in total. The summed E-state index contributed by atoms with van der Waals surface area (Å²) in [7, 11) is 0. The summed E-state index contributed by atoms with van der Waals surface area (Å²) < 4.78 is 7.63. The van der Waals surface area contributed by atoms with Crippen molar-refractivity contribution in [3.05, 3.63) is 5.69 Å². The number of ether oxygens (including phenoxy) is 1. The van der Waals surface area contributed by atoms with Crippen molar-refractivity contribution >= 4 is 11.5 Å². The van der Waals surface area contributed by atoms with Crippen LogP contribution in [0.1, 0.15) is 31.9 Å². The SMILES string of the molecule is CCCn1nc(C)c(N)c1N1CCC(OCCO)CC1. The number of aryl methyl sites for hydroxylation is 2. The lowest BCUT2D eigenvalue weighted by atomic mass is 10.1. The van der Waals surface area contributed by atoms with E-state index < -0.39 is 0 Å². The third-order valence-electron chi connectivity index (χ3n) is 3.77. The number of nitrogen functional groups attached to an aromatic ring is 1. The summed E-state index contributed by atoms with van der Waals surface area (Å²) in [6.45, 7) is 7.38. The standard InChI is InChI=1S/C14H26N4O2/c1-3-6-18-14(13(15)11(2)16-18)17-7-4-12(5-8-17)20-10-9-19/h12,19H,3-10,15H2,1-2H3. The van der Waals surface area contributed by atoms with Crippen LogP contribution in [0.15, 0.2) is 0 Å². The molecule has 6 nitrogen and oxygen atoms in total. The first kappa shape index (κ1) is 15.1. The molecule has 1 aliphatic rings. The van der Waals surface area contributed by atoms with E-state index in [1.54, 1.807) is 0 Å². The smallest absolute Gasteiger partial charge is 0.150 e. The molecule has 2 rings (SSSR count). The fraction of sp³-hybridized carbons (Fsp3) is 0.786. The molecule has 114 valence electrons. The molecule has 0 radical (unpaired) electrons. The number of piperidine rings is 1. The normalized spacial score (nSPS) is 16.9. The minimum absolute atomic E-state index is 0.0929. The highest BCUT2D eigenvalue weighted by Crippen LogP contribution is 2.29. The Morgan fingerprint density at radius 3 is 2.70 bits per heavy atom. The van der Waals surface area contributed by atoms with Gasteiger partial charge in [-0.15, -0.1) is 0 Å². The van der Waals surface area contributed by atoms with Gasteiger partial charge < -0.3 is 20.5 Å². The largest absolute Gasteiger partial charge is 0.394 e. The molecule has 0 spiro atoms. The van der Waals surface area contributed by atoms with Crippen molar-refractivity contribution in [1.82, 2.24) is 9.78 Å². The first-order chi connectivity index (χ1) is 9.67. The monoisotopic (exact) mass is 282 g/mol. The van der Waals surface area contributed by atoms with Crippen LogP contribution in [0, 0.1) is 6.92 Å². The highest BCUT2D eigenvalue weighted by atomic mass is 16.5. The Morgan fingerprint density at radius 2 is 2.10 bits per heavy atom. The van der Waals surface area contributed by atoms with Gasteiger partial charge in [0.2, 0.25) is 0 Å². The number of rotatable bonds is 6. The maximum absolute atomic E-state index is 8.80. The Hall–Kier alpha value is -1.27. The molecule has 0 aliphatic carbocycles. The van der Waals surface area contributed by atoms with Crippen molar-refractivity contribution < 1.29 is 9.84 Å². The van der Waals surface area contributed by atoms with Crippen molar-refractivity contribution in [1.29, 1.82) is 0 Å². The molecule has 0 aromatic carbocycles. The second-order valence-corrected chi connectivity index (χ2v) is 5.33. The molecule has 0 amide bonds. The van der Waals surface area contributed by atoms with Crippen molar-refractivity contribution in [3.63, 3.8) is 0 Å². The van der Waals surface area contributed by atoms with Gasteiger partial charge in [0.1, 0.15) is 0 Å². The average molecular weight is 282 g/mol. The number of hydrogen-bond acceptors (Lipinski definition) is 5. The Balaban J connectivity index is 2.02. The van der Waals surface area contributed by atoms with Crippen LogP contribution in [-0.2, 0) is 11.3 Å². The summed E-state index contributed by atoms with van der Waals surface area (Å²) >= 11 is 0. The van der Waals surface area contributed by atoms with Crippen molar-refractivity contribution in [2.45, 2.75) is 45.8 Å². The first-order valence-electron chi connectivity index (χ1n) is 7.47. The van der Waals surface area contributed by atoms with E-state index >= 15 is 0 Å². The summed E-state index contributed by atoms with van der Waals surface area (Å²) in [4.78, 5) is 2.31. The third kappa shape index (κ3) is 3.24. The highest BCUT2D eigenvalue weighted by molar-refractivity contribution is 5.66. The molecule has 1 aromatic rings. The molecule has 1 aliphatic heterocycles.